The Morgan fingerprint density at radius 3 is 2.62 bits per heavy atom. The maximum absolute atomic E-state index is 14.1. The third-order valence-corrected chi connectivity index (χ3v) is 8.74. The van der Waals surface area contributed by atoms with Gasteiger partial charge >= 0.3 is 5.97 Å². The van der Waals surface area contributed by atoms with Gasteiger partial charge in [-0.1, -0.05) is 42.3 Å². The zero-order chi connectivity index (χ0) is 28.8. The summed E-state index contributed by atoms with van der Waals surface area (Å²) in [7, 11) is 0. The van der Waals surface area contributed by atoms with Gasteiger partial charge in [0.2, 0.25) is 5.13 Å². The number of benzene rings is 2. The summed E-state index contributed by atoms with van der Waals surface area (Å²) < 4.78 is 20.1. The molecule has 0 aliphatic carbocycles. The van der Waals surface area contributed by atoms with E-state index in [1.54, 1.807) is 0 Å². The average Bonchev–Trinajstić information content (AvgIpc) is 3.42. The number of likely N-dealkylation sites (tertiary alicyclic amines) is 1. The molecule has 1 N–H and O–H groups in total. The lowest BCUT2D eigenvalue weighted by atomic mass is 9.97. The molecule has 0 bridgehead atoms. The number of aromatic nitrogens is 2. The molecule has 0 saturated carbocycles. The molecule has 8 nitrogen and oxygen atoms in total. The summed E-state index contributed by atoms with van der Waals surface area (Å²) in [5.41, 5.74) is 2.98. The van der Waals surface area contributed by atoms with E-state index in [1.807, 2.05) is 32.9 Å². The first kappa shape index (κ1) is 29.9. The molecule has 2 aromatic carbocycles. The van der Waals surface area contributed by atoms with E-state index in [1.165, 1.54) is 34.4 Å². The number of aliphatic carboxylic acids is 1. The van der Waals surface area contributed by atoms with Gasteiger partial charge in [-0.05, 0) is 81.6 Å². The number of hydrogen-bond acceptors (Lipinski definition) is 7. The topological polar surface area (TPSA) is 95.9 Å². The Hall–Kier alpha value is -3.08. The zero-order valence-electron chi connectivity index (χ0n) is 23.0. The maximum atomic E-state index is 14.1. The van der Waals surface area contributed by atoms with Gasteiger partial charge in [0.1, 0.15) is 23.2 Å². The molecular formula is C29H34ClFN4O4S. The molecule has 0 spiro atoms. The molecule has 11 heteroatoms. The van der Waals surface area contributed by atoms with Crippen molar-refractivity contribution >= 4 is 39.9 Å². The number of hydrogen-bond donors (Lipinski definition) is 1. The number of halogens is 2. The van der Waals surface area contributed by atoms with Crippen LogP contribution in [0.3, 0.4) is 0 Å². The molecular weight excluding hydrogens is 555 g/mol. The maximum Gasteiger partial charge on any atom is 0.306 e. The van der Waals surface area contributed by atoms with Gasteiger partial charge in [0.25, 0.3) is 5.91 Å². The molecule has 2 heterocycles. The van der Waals surface area contributed by atoms with E-state index in [9.17, 15) is 19.1 Å². The van der Waals surface area contributed by atoms with Gasteiger partial charge in [-0.3, -0.25) is 19.4 Å². The van der Waals surface area contributed by atoms with Crippen LogP contribution < -0.4 is 9.64 Å². The van der Waals surface area contributed by atoms with Gasteiger partial charge in [0.05, 0.1) is 16.5 Å². The van der Waals surface area contributed by atoms with Crippen molar-refractivity contribution in [2.24, 2.45) is 5.92 Å². The Balaban J connectivity index is 1.46. The largest absolute Gasteiger partial charge is 0.492 e. The van der Waals surface area contributed by atoms with E-state index in [0.717, 1.165) is 54.9 Å². The number of ether oxygens (including phenoxy) is 1. The number of carboxylic acid groups (broad SMARTS) is 1. The average molecular weight is 589 g/mol. The quantitative estimate of drug-likeness (QED) is 0.283. The van der Waals surface area contributed by atoms with Crippen molar-refractivity contribution in [3.8, 4) is 16.3 Å². The number of anilines is 1. The molecule has 4 rings (SSSR count). The van der Waals surface area contributed by atoms with Gasteiger partial charge in [-0.15, -0.1) is 10.2 Å². The van der Waals surface area contributed by atoms with E-state index < -0.39 is 17.7 Å². The normalized spacial score (nSPS) is 14.3. The van der Waals surface area contributed by atoms with Crippen LogP contribution in [-0.4, -0.2) is 64.9 Å². The third kappa shape index (κ3) is 6.79. The van der Waals surface area contributed by atoms with Crippen LogP contribution in [0.25, 0.3) is 10.6 Å². The van der Waals surface area contributed by atoms with Crippen LogP contribution in [0.15, 0.2) is 30.3 Å². The summed E-state index contributed by atoms with van der Waals surface area (Å²) in [6.45, 7) is 9.22. The second-order valence-electron chi connectivity index (χ2n) is 9.97. The van der Waals surface area contributed by atoms with Crippen molar-refractivity contribution in [3.63, 3.8) is 0 Å². The Morgan fingerprint density at radius 2 is 1.93 bits per heavy atom. The molecule has 1 aliphatic rings. The second kappa shape index (κ2) is 13.5. The van der Waals surface area contributed by atoms with Crippen molar-refractivity contribution in [1.82, 2.24) is 15.1 Å². The molecule has 40 heavy (non-hydrogen) atoms. The van der Waals surface area contributed by atoms with E-state index in [4.69, 9.17) is 16.3 Å². The van der Waals surface area contributed by atoms with Crippen molar-refractivity contribution in [3.05, 3.63) is 57.9 Å². The first-order valence-electron chi connectivity index (χ1n) is 13.5. The van der Waals surface area contributed by atoms with E-state index in [2.05, 4.69) is 15.1 Å². The Bertz CT molecular complexity index is 1360. The summed E-state index contributed by atoms with van der Waals surface area (Å²) >= 11 is 7.42. The van der Waals surface area contributed by atoms with Crippen LogP contribution in [0.5, 0.6) is 5.75 Å². The predicted octanol–water partition coefficient (Wildman–Crippen LogP) is 6.24. The molecule has 1 fully saturated rings. The number of rotatable bonds is 11. The highest BCUT2D eigenvalue weighted by Crippen LogP contribution is 2.36. The number of carbonyl (C=O) groups excluding carboxylic acids is 1. The van der Waals surface area contributed by atoms with Crippen molar-refractivity contribution < 1.29 is 23.8 Å². The van der Waals surface area contributed by atoms with Gasteiger partial charge < -0.3 is 9.84 Å². The van der Waals surface area contributed by atoms with Gasteiger partial charge in [-0.25, -0.2) is 4.39 Å². The number of amides is 1. The predicted molar refractivity (Wildman–Crippen MR) is 155 cm³/mol. The summed E-state index contributed by atoms with van der Waals surface area (Å²) in [6, 6.07) is 8.07. The van der Waals surface area contributed by atoms with Crippen molar-refractivity contribution in [2.75, 3.05) is 37.7 Å². The van der Waals surface area contributed by atoms with Crippen LogP contribution in [0.1, 0.15) is 54.1 Å². The van der Waals surface area contributed by atoms with E-state index >= 15 is 0 Å². The Kier molecular flexibility index (Phi) is 10.1. The van der Waals surface area contributed by atoms with Gasteiger partial charge in [0, 0.05) is 18.7 Å². The van der Waals surface area contributed by atoms with Crippen LogP contribution >= 0.6 is 22.9 Å². The number of piperidine rings is 1. The van der Waals surface area contributed by atoms with Crippen LogP contribution in [0.2, 0.25) is 5.02 Å². The molecule has 1 amide bonds. The lowest BCUT2D eigenvalue weighted by Gasteiger charge is -2.29. The molecule has 1 aromatic heterocycles. The lowest BCUT2D eigenvalue weighted by Crippen LogP contribution is -2.38. The first-order chi connectivity index (χ1) is 19.2. The van der Waals surface area contributed by atoms with Crippen molar-refractivity contribution in [1.29, 1.82) is 0 Å². The monoisotopic (exact) mass is 588 g/mol. The summed E-state index contributed by atoms with van der Waals surface area (Å²) in [5, 5.41) is 18.8. The van der Waals surface area contributed by atoms with Gasteiger partial charge in [0.15, 0.2) is 0 Å². The van der Waals surface area contributed by atoms with Crippen LogP contribution in [-0.2, 0) is 4.79 Å². The Labute approximate surface area is 242 Å². The minimum Gasteiger partial charge on any atom is -0.492 e. The fourth-order valence-corrected chi connectivity index (χ4v) is 5.88. The first-order valence-corrected chi connectivity index (χ1v) is 14.7. The minimum atomic E-state index is -0.708. The van der Waals surface area contributed by atoms with E-state index in [-0.39, 0.29) is 16.5 Å². The number of unbranched alkanes of at least 4 members (excludes halogenated alkanes) is 1. The minimum absolute atomic E-state index is 0.0919. The van der Waals surface area contributed by atoms with Crippen molar-refractivity contribution in [2.45, 2.75) is 46.5 Å². The molecule has 3 aromatic rings. The number of nitrogens with zero attached hydrogens (tertiary/aromatic N) is 4. The molecule has 1 aliphatic heterocycles. The SMILES string of the molecule is CCCCN(C(=O)c1cccc(F)c1Cl)c1nnc(-c2ccc(OCCN3CCC(C(=O)O)CC3)c(C)c2C)s1. The third-order valence-electron chi connectivity index (χ3n) is 7.38. The zero-order valence-corrected chi connectivity index (χ0v) is 24.5. The molecule has 214 valence electrons. The standard InChI is InChI=1S/C29H34ClFN4O4S/c1-4-5-13-35(27(36)22-7-6-8-23(31)25(22)30)29-33-32-26(40-29)21-9-10-24(19(3)18(21)2)39-17-16-34-14-11-20(12-15-34)28(37)38/h6-10,20H,4-5,11-17H2,1-3H3,(H,37,38). The highest BCUT2D eigenvalue weighted by Gasteiger charge is 2.26. The molecule has 0 radical (unpaired) electrons. The Morgan fingerprint density at radius 1 is 1.18 bits per heavy atom. The fraction of sp³-hybridized carbons (Fsp3) is 0.448. The van der Waals surface area contributed by atoms with Crippen LogP contribution in [0, 0.1) is 25.6 Å². The summed E-state index contributed by atoms with van der Waals surface area (Å²) in [6.07, 6.45) is 2.95. The molecule has 0 unspecified atom stereocenters. The van der Waals surface area contributed by atoms with E-state index in [0.29, 0.717) is 36.1 Å². The highest BCUT2D eigenvalue weighted by molar-refractivity contribution is 7.18. The second-order valence-corrected chi connectivity index (χ2v) is 11.3. The fourth-order valence-electron chi connectivity index (χ4n) is 4.72. The summed E-state index contributed by atoms with van der Waals surface area (Å²) in [5.74, 6) is -1.22. The number of carboxylic acids is 1. The van der Waals surface area contributed by atoms with Crippen LogP contribution in [0.4, 0.5) is 9.52 Å². The summed E-state index contributed by atoms with van der Waals surface area (Å²) in [4.78, 5) is 28.3. The lowest BCUT2D eigenvalue weighted by molar-refractivity contribution is -0.143. The van der Waals surface area contributed by atoms with Gasteiger partial charge in [-0.2, -0.15) is 0 Å². The smallest absolute Gasteiger partial charge is 0.306 e. The highest BCUT2D eigenvalue weighted by atomic mass is 35.5. The molecule has 1 saturated heterocycles. The molecule has 0 atom stereocenters. The number of carbonyl (C=O) groups is 2.